The molecule has 1 atom stereocenters. The molecule has 0 radical (unpaired) electrons. The maximum Gasteiger partial charge on any atom is 0.0248 e. The van der Waals surface area contributed by atoms with Gasteiger partial charge in [-0.25, -0.2) is 0 Å². The minimum atomic E-state index is 0.608. The van der Waals surface area contributed by atoms with Crippen LogP contribution in [0, 0.1) is 5.92 Å². The van der Waals surface area contributed by atoms with Crippen molar-refractivity contribution < 1.29 is 0 Å². The average molecular weight is 278 g/mol. The Morgan fingerprint density at radius 1 is 1.32 bits per heavy atom. The highest BCUT2D eigenvalue weighted by Gasteiger charge is 2.26. The Morgan fingerprint density at radius 3 is 2.95 bits per heavy atom. The SMILES string of the molecule is NCC(CC1CCCCC1)N1CCc2sccc2C1. The fraction of sp³-hybridized carbons (Fsp3) is 0.750. The lowest BCUT2D eigenvalue weighted by Gasteiger charge is -2.36. The van der Waals surface area contributed by atoms with Crippen LogP contribution in [0.15, 0.2) is 11.4 Å². The van der Waals surface area contributed by atoms with Crippen molar-refractivity contribution in [3.05, 3.63) is 21.9 Å². The molecule has 2 nitrogen and oxygen atoms in total. The van der Waals surface area contributed by atoms with Crippen molar-refractivity contribution in [3.63, 3.8) is 0 Å². The van der Waals surface area contributed by atoms with Gasteiger partial charge in [0.05, 0.1) is 0 Å². The van der Waals surface area contributed by atoms with Crippen LogP contribution >= 0.6 is 11.3 Å². The number of nitrogens with two attached hydrogens (primary N) is 1. The monoisotopic (exact) mass is 278 g/mol. The van der Waals surface area contributed by atoms with E-state index in [0.29, 0.717) is 6.04 Å². The lowest BCUT2D eigenvalue weighted by molar-refractivity contribution is 0.147. The lowest BCUT2D eigenvalue weighted by atomic mass is 9.84. The summed E-state index contributed by atoms with van der Waals surface area (Å²) in [5.41, 5.74) is 7.63. The molecule has 1 aliphatic carbocycles. The molecule has 2 heterocycles. The molecule has 0 bridgehead atoms. The molecule has 19 heavy (non-hydrogen) atoms. The zero-order chi connectivity index (χ0) is 13.1. The molecule has 106 valence electrons. The van der Waals surface area contributed by atoms with Crippen molar-refractivity contribution in [1.29, 1.82) is 0 Å². The van der Waals surface area contributed by atoms with Crippen LogP contribution in [0.5, 0.6) is 0 Å². The second-order valence-electron chi connectivity index (χ2n) is 6.22. The van der Waals surface area contributed by atoms with Crippen molar-refractivity contribution >= 4 is 11.3 Å². The van der Waals surface area contributed by atoms with Crippen molar-refractivity contribution in [2.75, 3.05) is 13.1 Å². The van der Waals surface area contributed by atoms with E-state index in [1.165, 1.54) is 51.5 Å². The van der Waals surface area contributed by atoms with Crippen LogP contribution in [0.1, 0.15) is 49.0 Å². The smallest absolute Gasteiger partial charge is 0.0248 e. The molecule has 2 aliphatic rings. The molecule has 0 aromatic carbocycles. The van der Waals surface area contributed by atoms with E-state index < -0.39 is 0 Å². The number of nitrogens with zero attached hydrogens (tertiary/aromatic N) is 1. The highest BCUT2D eigenvalue weighted by atomic mass is 32.1. The fourth-order valence-electron chi connectivity index (χ4n) is 3.78. The Bertz CT molecular complexity index is 395. The maximum atomic E-state index is 6.08. The van der Waals surface area contributed by atoms with E-state index in [9.17, 15) is 0 Å². The molecule has 1 aromatic heterocycles. The largest absolute Gasteiger partial charge is 0.329 e. The van der Waals surface area contributed by atoms with Gasteiger partial charge in [0.15, 0.2) is 0 Å². The van der Waals surface area contributed by atoms with E-state index in [1.807, 2.05) is 11.3 Å². The molecule has 1 aromatic rings. The van der Waals surface area contributed by atoms with Crippen LogP contribution in [0.4, 0.5) is 0 Å². The zero-order valence-electron chi connectivity index (χ0n) is 11.8. The van der Waals surface area contributed by atoms with Crippen LogP contribution in [0.2, 0.25) is 0 Å². The van der Waals surface area contributed by atoms with Gasteiger partial charge in [0.2, 0.25) is 0 Å². The van der Waals surface area contributed by atoms with Crippen molar-refractivity contribution in [2.24, 2.45) is 11.7 Å². The van der Waals surface area contributed by atoms with Gasteiger partial charge in [-0.05, 0) is 35.8 Å². The summed E-state index contributed by atoms with van der Waals surface area (Å²) in [7, 11) is 0. The lowest BCUT2D eigenvalue weighted by Crippen LogP contribution is -2.44. The molecule has 3 heteroatoms. The van der Waals surface area contributed by atoms with E-state index in [1.54, 1.807) is 10.4 Å². The summed E-state index contributed by atoms with van der Waals surface area (Å²) < 4.78 is 0. The molecule has 3 rings (SSSR count). The van der Waals surface area contributed by atoms with Gasteiger partial charge >= 0.3 is 0 Å². The van der Waals surface area contributed by atoms with Gasteiger partial charge in [-0.15, -0.1) is 11.3 Å². The van der Waals surface area contributed by atoms with E-state index in [0.717, 1.165) is 19.0 Å². The standard InChI is InChI=1S/C16H26N2S/c17-11-15(10-13-4-2-1-3-5-13)18-8-6-16-14(12-18)7-9-19-16/h7,9,13,15H,1-6,8,10-12,17H2. The summed E-state index contributed by atoms with van der Waals surface area (Å²) in [5.74, 6) is 0.936. The molecule has 2 N–H and O–H groups in total. The predicted octanol–water partition coefficient (Wildman–Crippen LogP) is 3.40. The molecule has 0 amide bonds. The highest BCUT2D eigenvalue weighted by Crippen LogP contribution is 2.31. The van der Waals surface area contributed by atoms with E-state index in [-0.39, 0.29) is 0 Å². The molecule has 1 saturated carbocycles. The minimum absolute atomic E-state index is 0.608. The third-order valence-electron chi connectivity index (χ3n) is 4.96. The fourth-order valence-corrected chi connectivity index (χ4v) is 4.67. The van der Waals surface area contributed by atoms with Gasteiger partial charge in [0, 0.05) is 30.6 Å². The second-order valence-corrected chi connectivity index (χ2v) is 7.22. The summed E-state index contributed by atoms with van der Waals surface area (Å²) in [6, 6.07) is 2.91. The zero-order valence-corrected chi connectivity index (χ0v) is 12.6. The van der Waals surface area contributed by atoms with Gasteiger partial charge in [-0.2, -0.15) is 0 Å². The third kappa shape index (κ3) is 3.21. The molecule has 1 fully saturated rings. The van der Waals surface area contributed by atoms with Crippen LogP contribution in [0.3, 0.4) is 0 Å². The molecule has 0 spiro atoms. The highest BCUT2D eigenvalue weighted by molar-refractivity contribution is 7.10. The molecule has 0 saturated heterocycles. The van der Waals surface area contributed by atoms with Gasteiger partial charge in [0.1, 0.15) is 0 Å². The Morgan fingerprint density at radius 2 is 2.16 bits per heavy atom. The van der Waals surface area contributed by atoms with Crippen LogP contribution < -0.4 is 5.73 Å². The first-order valence-electron chi connectivity index (χ1n) is 7.86. The van der Waals surface area contributed by atoms with E-state index >= 15 is 0 Å². The average Bonchev–Trinajstić information content (AvgIpc) is 2.93. The summed E-state index contributed by atoms with van der Waals surface area (Å²) in [5, 5.41) is 2.24. The van der Waals surface area contributed by atoms with Crippen LogP contribution in [-0.4, -0.2) is 24.0 Å². The predicted molar refractivity (Wildman–Crippen MR) is 82.5 cm³/mol. The Balaban J connectivity index is 1.59. The Kier molecular flexibility index (Phi) is 4.57. The first-order chi connectivity index (χ1) is 9.36. The third-order valence-corrected chi connectivity index (χ3v) is 5.98. The summed E-state index contributed by atoms with van der Waals surface area (Å²) in [6.45, 7) is 3.17. The van der Waals surface area contributed by atoms with E-state index in [4.69, 9.17) is 5.73 Å². The first-order valence-corrected chi connectivity index (χ1v) is 8.74. The number of thiophene rings is 1. The number of hydrogen-bond acceptors (Lipinski definition) is 3. The minimum Gasteiger partial charge on any atom is -0.329 e. The Hall–Kier alpha value is -0.380. The van der Waals surface area contributed by atoms with Crippen molar-refractivity contribution in [1.82, 2.24) is 4.90 Å². The van der Waals surface area contributed by atoms with Gasteiger partial charge in [0.25, 0.3) is 0 Å². The Labute approximate surface area is 121 Å². The summed E-state index contributed by atoms with van der Waals surface area (Å²) in [6.07, 6.45) is 9.77. The van der Waals surface area contributed by atoms with Crippen LogP contribution in [-0.2, 0) is 13.0 Å². The normalized spacial score (nSPS) is 23.2. The second kappa shape index (κ2) is 6.38. The number of fused-ring (bicyclic) bond motifs is 1. The maximum absolute atomic E-state index is 6.08. The van der Waals surface area contributed by atoms with E-state index in [2.05, 4.69) is 16.3 Å². The summed E-state index contributed by atoms with van der Waals surface area (Å²) in [4.78, 5) is 4.24. The van der Waals surface area contributed by atoms with Gasteiger partial charge < -0.3 is 5.73 Å². The van der Waals surface area contributed by atoms with Gasteiger partial charge in [-0.3, -0.25) is 4.90 Å². The molecule has 1 aliphatic heterocycles. The molecular weight excluding hydrogens is 252 g/mol. The topological polar surface area (TPSA) is 29.3 Å². The van der Waals surface area contributed by atoms with Crippen LogP contribution in [0.25, 0.3) is 0 Å². The van der Waals surface area contributed by atoms with Crippen molar-refractivity contribution in [2.45, 2.75) is 57.5 Å². The molecule has 1 unspecified atom stereocenters. The number of rotatable bonds is 4. The number of hydrogen-bond donors (Lipinski definition) is 1. The molecular formula is C16H26N2S. The first kappa shape index (κ1) is 13.6. The summed E-state index contributed by atoms with van der Waals surface area (Å²) >= 11 is 1.92. The van der Waals surface area contributed by atoms with Crippen molar-refractivity contribution in [3.8, 4) is 0 Å². The van der Waals surface area contributed by atoms with Gasteiger partial charge in [-0.1, -0.05) is 32.1 Å². The quantitative estimate of drug-likeness (QED) is 0.914.